The lowest BCUT2D eigenvalue weighted by Crippen LogP contribution is -2.20. The van der Waals surface area contributed by atoms with Gasteiger partial charge in [0, 0.05) is 6.20 Å². The third kappa shape index (κ3) is 3.26. The zero-order chi connectivity index (χ0) is 13.8. The number of pyridine rings is 1. The van der Waals surface area contributed by atoms with Gasteiger partial charge in [-0.25, -0.2) is 14.5 Å². The van der Waals surface area contributed by atoms with E-state index < -0.39 is 11.9 Å². The highest BCUT2D eigenvalue weighted by Crippen LogP contribution is 2.17. The number of nitrogens with zero attached hydrogens (tertiary/aromatic N) is 4. The number of anilines is 1. The van der Waals surface area contributed by atoms with Crippen molar-refractivity contribution in [3.05, 3.63) is 35.2 Å². The summed E-state index contributed by atoms with van der Waals surface area (Å²) in [4.78, 5) is 26.1. The summed E-state index contributed by atoms with van der Waals surface area (Å²) in [6.07, 6.45) is 2.64. The third-order valence-corrected chi connectivity index (χ3v) is 2.38. The van der Waals surface area contributed by atoms with Crippen molar-refractivity contribution >= 4 is 29.3 Å². The smallest absolute Gasteiger partial charge is 0.358 e. The fourth-order valence-corrected chi connectivity index (χ4v) is 1.44. The minimum absolute atomic E-state index is 0.187. The van der Waals surface area contributed by atoms with E-state index in [4.69, 9.17) is 16.7 Å². The highest BCUT2D eigenvalue weighted by molar-refractivity contribution is 6.33. The molecular weight excluding hydrogens is 274 g/mol. The Balaban J connectivity index is 2.01. The number of amides is 1. The first-order valence-corrected chi connectivity index (χ1v) is 5.48. The number of hydrogen-bond donors (Lipinski definition) is 2. The van der Waals surface area contributed by atoms with Gasteiger partial charge in [0.05, 0.1) is 11.2 Å². The number of nitrogens with one attached hydrogen (secondary N) is 1. The Bertz CT molecular complexity index is 627. The summed E-state index contributed by atoms with van der Waals surface area (Å²) in [5.74, 6) is -1.42. The molecule has 1 amide bonds. The summed E-state index contributed by atoms with van der Waals surface area (Å²) in [5, 5.41) is 18.3. The van der Waals surface area contributed by atoms with Gasteiger partial charge in [-0.05, 0) is 12.1 Å². The normalized spacial score (nSPS) is 10.2. The molecule has 0 bridgehead atoms. The van der Waals surface area contributed by atoms with E-state index in [1.807, 2.05) is 0 Å². The number of aromatic nitrogens is 4. The zero-order valence-corrected chi connectivity index (χ0v) is 10.2. The van der Waals surface area contributed by atoms with Crippen LogP contribution in [0.15, 0.2) is 24.5 Å². The molecule has 0 aliphatic rings. The number of aromatic carboxylic acids is 1. The average molecular weight is 282 g/mol. The summed E-state index contributed by atoms with van der Waals surface area (Å²) < 4.78 is 1.11. The van der Waals surface area contributed by atoms with E-state index in [-0.39, 0.29) is 18.1 Å². The molecule has 0 unspecified atom stereocenters. The maximum Gasteiger partial charge on any atom is 0.358 e. The molecule has 2 aromatic rings. The van der Waals surface area contributed by atoms with E-state index in [1.54, 1.807) is 12.1 Å². The summed E-state index contributed by atoms with van der Waals surface area (Å²) in [5.41, 5.74) is -0.233. The van der Waals surface area contributed by atoms with Gasteiger partial charge in [0.25, 0.3) is 0 Å². The molecule has 8 nitrogen and oxygen atoms in total. The highest BCUT2D eigenvalue weighted by Gasteiger charge is 2.11. The second-order valence-corrected chi connectivity index (χ2v) is 3.90. The fourth-order valence-electron chi connectivity index (χ4n) is 1.27. The van der Waals surface area contributed by atoms with Crippen molar-refractivity contribution in [2.24, 2.45) is 0 Å². The van der Waals surface area contributed by atoms with Crippen LogP contribution in [0.5, 0.6) is 0 Å². The van der Waals surface area contributed by atoms with E-state index >= 15 is 0 Å². The van der Waals surface area contributed by atoms with Crippen LogP contribution in [0.2, 0.25) is 5.02 Å². The Labute approximate surface area is 112 Å². The highest BCUT2D eigenvalue weighted by atomic mass is 35.5. The topological polar surface area (TPSA) is 110 Å². The van der Waals surface area contributed by atoms with Crippen LogP contribution in [-0.2, 0) is 11.3 Å². The molecule has 19 heavy (non-hydrogen) atoms. The van der Waals surface area contributed by atoms with Crippen molar-refractivity contribution in [1.29, 1.82) is 0 Å². The van der Waals surface area contributed by atoms with Crippen molar-refractivity contribution in [2.75, 3.05) is 5.32 Å². The summed E-state index contributed by atoms with van der Waals surface area (Å²) in [7, 11) is 0. The van der Waals surface area contributed by atoms with E-state index in [0.29, 0.717) is 5.02 Å². The monoisotopic (exact) mass is 281 g/mol. The van der Waals surface area contributed by atoms with Gasteiger partial charge in [-0.1, -0.05) is 16.8 Å². The first kappa shape index (κ1) is 13.0. The van der Waals surface area contributed by atoms with Crippen LogP contribution >= 0.6 is 11.6 Å². The largest absolute Gasteiger partial charge is 0.476 e. The Hall–Kier alpha value is -2.48. The molecule has 0 radical (unpaired) electrons. The summed E-state index contributed by atoms with van der Waals surface area (Å²) >= 11 is 5.83. The van der Waals surface area contributed by atoms with Gasteiger partial charge in [0.1, 0.15) is 6.54 Å². The molecule has 0 aromatic carbocycles. The van der Waals surface area contributed by atoms with Gasteiger partial charge >= 0.3 is 5.97 Å². The van der Waals surface area contributed by atoms with Gasteiger partial charge in [-0.2, -0.15) is 0 Å². The molecule has 9 heteroatoms. The molecule has 0 atom stereocenters. The molecule has 0 saturated heterocycles. The average Bonchev–Trinajstić information content (AvgIpc) is 2.80. The molecule has 2 rings (SSSR count). The zero-order valence-electron chi connectivity index (χ0n) is 9.45. The molecule has 0 aliphatic carbocycles. The number of carbonyl (C=O) groups is 2. The predicted molar refractivity (Wildman–Crippen MR) is 64.9 cm³/mol. The second kappa shape index (κ2) is 5.44. The second-order valence-electron chi connectivity index (χ2n) is 3.49. The fraction of sp³-hybridized carbons (Fsp3) is 0.100. The number of carboxylic acids is 1. The van der Waals surface area contributed by atoms with Gasteiger partial charge in [-0.3, -0.25) is 4.79 Å². The van der Waals surface area contributed by atoms with Gasteiger partial charge in [0.2, 0.25) is 5.91 Å². The molecule has 0 fully saturated rings. The first-order chi connectivity index (χ1) is 9.06. The lowest BCUT2D eigenvalue weighted by Gasteiger charge is -2.05. The predicted octanol–water partition coefficient (Wildman–Crippen LogP) is 0.663. The Morgan fingerprint density at radius 2 is 2.26 bits per heavy atom. The number of carboxylic acid groups (broad SMARTS) is 1. The van der Waals surface area contributed by atoms with Gasteiger partial charge in [-0.15, -0.1) is 5.10 Å². The number of hydrogen-bond acceptors (Lipinski definition) is 5. The van der Waals surface area contributed by atoms with Crippen molar-refractivity contribution in [3.8, 4) is 0 Å². The summed E-state index contributed by atoms with van der Waals surface area (Å²) in [6.45, 7) is -0.187. The molecule has 0 spiro atoms. The van der Waals surface area contributed by atoms with Crippen molar-refractivity contribution in [1.82, 2.24) is 20.0 Å². The Kier molecular flexibility index (Phi) is 3.71. The van der Waals surface area contributed by atoms with E-state index in [9.17, 15) is 9.59 Å². The first-order valence-electron chi connectivity index (χ1n) is 5.10. The van der Waals surface area contributed by atoms with Crippen molar-refractivity contribution in [2.45, 2.75) is 6.54 Å². The van der Waals surface area contributed by atoms with Crippen LogP contribution in [0.25, 0.3) is 0 Å². The van der Waals surface area contributed by atoms with Gasteiger partial charge in [0.15, 0.2) is 11.5 Å². The third-order valence-electron chi connectivity index (χ3n) is 2.08. The standard InChI is InChI=1S/C10H8ClN5O3/c11-6-2-1-3-12-9(6)13-8(17)5-16-4-7(10(18)19)14-15-16/h1-4H,5H2,(H,18,19)(H,12,13,17). The molecule has 98 valence electrons. The number of rotatable bonds is 4. The van der Waals surface area contributed by atoms with E-state index in [0.717, 1.165) is 10.9 Å². The van der Waals surface area contributed by atoms with Crippen LogP contribution in [0.1, 0.15) is 10.5 Å². The minimum atomic E-state index is -1.21. The number of carbonyl (C=O) groups excluding carboxylic acids is 1. The molecular formula is C10H8ClN5O3. The van der Waals surface area contributed by atoms with Gasteiger partial charge < -0.3 is 10.4 Å². The maximum absolute atomic E-state index is 11.7. The SMILES string of the molecule is O=C(Cn1cc(C(=O)O)nn1)Nc1ncccc1Cl. The molecule has 2 heterocycles. The quantitative estimate of drug-likeness (QED) is 0.852. The van der Waals surface area contributed by atoms with Crippen LogP contribution in [0.4, 0.5) is 5.82 Å². The Morgan fingerprint density at radius 1 is 1.47 bits per heavy atom. The van der Waals surface area contributed by atoms with E-state index in [1.165, 1.54) is 6.20 Å². The molecule has 0 saturated carbocycles. The molecule has 0 aliphatic heterocycles. The molecule has 2 N–H and O–H groups in total. The van der Waals surface area contributed by atoms with Crippen LogP contribution < -0.4 is 5.32 Å². The maximum atomic E-state index is 11.7. The van der Waals surface area contributed by atoms with Crippen LogP contribution in [-0.4, -0.2) is 37.0 Å². The number of halogens is 1. The van der Waals surface area contributed by atoms with Crippen molar-refractivity contribution in [3.63, 3.8) is 0 Å². The van der Waals surface area contributed by atoms with Crippen molar-refractivity contribution < 1.29 is 14.7 Å². The van der Waals surface area contributed by atoms with E-state index in [2.05, 4.69) is 20.6 Å². The minimum Gasteiger partial charge on any atom is -0.476 e. The lowest BCUT2D eigenvalue weighted by atomic mass is 10.4. The van der Waals surface area contributed by atoms with Crippen LogP contribution in [0, 0.1) is 0 Å². The Morgan fingerprint density at radius 3 is 2.89 bits per heavy atom. The lowest BCUT2D eigenvalue weighted by molar-refractivity contribution is -0.117. The summed E-state index contributed by atoms with van der Waals surface area (Å²) in [6, 6.07) is 3.22. The van der Waals surface area contributed by atoms with Crippen LogP contribution in [0.3, 0.4) is 0 Å². The molecule has 2 aromatic heterocycles.